The quantitative estimate of drug-likeness (QED) is 0.590. The van der Waals surface area contributed by atoms with Crippen LogP contribution in [0.1, 0.15) is 20.3 Å². The molecule has 0 amide bonds. The summed E-state index contributed by atoms with van der Waals surface area (Å²) in [4.78, 5) is 0.627. The molecule has 0 aliphatic carbocycles. The van der Waals surface area contributed by atoms with E-state index in [2.05, 4.69) is 0 Å². The van der Waals surface area contributed by atoms with Gasteiger partial charge in [-0.3, -0.25) is 0 Å². The summed E-state index contributed by atoms with van der Waals surface area (Å²) in [6.45, 7) is 3.72. The second-order valence-corrected chi connectivity index (χ2v) is 2.94. The predicted molar refractivity (Wildman–Crippen MR) is 46.8 cm³/mol. The van der Waals surface area contributed by atoms with Gasteiger partial charge in [-0.05, 0) is 13.3 Å². The second kappa shape index (κ2) is 6.40. The van der Waals surface area contributed by atoms with Gasteiger partial charge in [0.2, 0.25) is 0 Å². The fourth-order valence-electron chi connectivity index (χ4n) is 0.540. The normalized spacial score (nSPS) is 13.4. The average molecular weight is 178 g/mol. The molecule has 0 heterocycles. The van der Waals surface area contributed by atoms with Crippen molar-refractivity contribution < 1.29 is 8.78 Å². The minimum atomic E-state index is -2.32. The number of allylic oxidation sites excluding steroid dienone is 3. The third kappa shape index (κ3) is 6.10. The Kier molecular flexibility index (Phi) is 6.22. The Morgan fingerprint density at radius 3 is 2.55 bits per heavy atom. The monoisotopic (exact) mass is 178 g/mol. The van der Waals surface area contributed by atoms with E-state index in [-0.39, 0.29) is 0 Å². The molecule has 0 N–H and O–H groups in total. The van der Waals surface area contributed by atoms with Crippen LogP contribution in [0.3, 0.4) is 0 Å². The van der Waals surface area contributed by atoms with Crippen molar-refractivity contribution in [2.75, 3.05) is 0 Å². The van der Waals surface area contributed by atoms with Gasteiger partial charge in [0.15, 0.2) is 0 Å². The first kappa shape index (κ1) is 10.7. The molecule has 3 heteroatoms. The van der Waals surface area contributed by atoms with E-state index in [4.69, 9.17) is 0 Å². The Bertz CT molecular complexity index is 150. The molecule has 0 radical (unpaired) electrons. The molecule has 0 saturated heterocycles. The van der Waals surface area contributed by atoms with Crippen LogP contribution in [0.5, 0.6) is 0 Å². The zero-order valence-corrected chi connectivity index (χ0v) is 7.50. The average Bonchev–Trinajstić information content (AvgIpc) is 1.97. The zero-order chi connectivity index (χ0) is 8.69. The summed E-state index contributed by atoms with van der Waals surface area (Å²) in [5.41, 5.74) is 0. The smallest absolute Gasteiger partial charge is 0.198 e. The van der Waals surface area contributed by atoms with Crippen molar-refractivity contribution >= 4 is 11.8 Å². The largest absolute Gasteiger partial charge is 0.288 e. The molecule has 0 aromatic rings. The Labute approximate surface area is 70.4 Å². The van der Waals surface area contributed by atoms with E-state index in [0.717, 1.165) is 6.42 Å². The van der Waals surface area contributed by atoms with E-state index in [1.54, 1.807) is 19.1 Å². The third-order valence-electron chi connectivity index (χ3n) is 1.03. The summed E-state index contributed by atoms with van der Waals surface area (Å²) in [5, 5.41) is 0. The number of alkyl halides is 2. The van der Waals surface area contributed by atoms with Gasteiger partial charge in [0.1, 0.15) is 0 Å². The summed E-state index contributed by atoms with van der Waals surface area (Å²) >= 11 is 0.580. The molecule has 0 unspecified atom stereocenters. The lowest BCUT2D eigenvalue weighted by atomic mass is 10.4. The van der Waals surface area contributed by atoms with Crippen LogP contribution in [-0.4, -0.2) is 5.76 Å². The van der Waals surface area contributed by atoms with E-state index in [0.29, 0.717) is 16.7 Å². The highest BCUT2D eigenvalue weighted by molar-refractivity contribution is 8.03. The van der Waals surface area contributed by atoms with Gasteiger partial charge in [-0.2, -0.15) is 8.78 Å². The van der Waals surface area contributed by atoms with Gasteiger partial charge in [-0.25, -0.2) is 0 Å². The summed E-state index contributed by atoms with van der Waals surface area (Å²) in [7, 11) is 0. The maximum atomic E-state index is 11.8. The van der Waals surface area contributed by atoms with Crippen LogP contribution in [0.2, 0.25) is 0 Å². The van der Waals surface area contributed by atoms with Crippen LogP contribution >= 0.6 is 11.8 Å². The van der Waals surface area contributed by atoms with Gasteiger partial charge in [-0.15, -0.1) is 0 Å². The molecule has 0 aromatic heterocycles. The van der Waals surface area contributed by atoms with E-state index >= 15 is 0 Å². The van der Waals surface area contributed by atoms with Crippen LogP contribution in [0, 0.1) is 0 Å². The Hall–Kier alpha value is -0.310. The summed E-state index contributed by atoms with van der Waals surface area (Å²) in [6, 6.07) is 0. The van der Waals surface area contributed by atoms with Crippen molar-refractivity contribution in [2.24, 2.45) is 0 Å². The fraction of sp³-hybridized carbons (Fsp3) is 0.500. The third-order valence-corrected chi connectivity index (χ3v) is 1.85. The van der Waals surface area contributed by atoms with Crippen LogP contribution in [0.25, 0.3) is 0 Å². The van der Waals surface area contributed by atoms with Gasteiger partial charge in [-0.1, -0.05) is 36.9 Å². The van der Waals surface area contributed by atoms with E-state index < -0.39 is 5.76 Å². The molecule has 0 aliphatic rings. The second-order valence-electron chi connectivity index (χ2n) is 1.88. The number of rotatable bonds is 4. The Morgan fingerprint density at radius 2 is 2.18 bits per heavy atom. The summed E-state index contributed by atoms with van der Waals surface area (Å²) < 4.78 is 23.6. The molecule has 0 aromatic carbocycles. The Morgan fingerprint density at radius 1 is 1.55 bits per heavy atom. The molecule has 0 nitrogen and oxygen atoms in total. The van der Waals surface area contributed by atoms with Crippen molar-refractivity contribution in [2.45, 2.75) is 26.0 Å². The number of hydrogen-bond donors (Lipinski definition) is 0. The van der Waals surface area contributed by atoms with Gasteiger partial charge < -0.3 is 0 Å². The van der Waals surface area contributed by atoms with Gasteiger partial charge >= 0.3 is 0 Å². The van der Waals surface area contributed by atoms with Gasteiger partial charge in [0.05, 0.1) is 0 Å². The van der Waals surface area contributed by atoms with Crippen molar-refractivity contribution in [3.63, 3.8) is 0 Å². The highest BCUT2D eigenvalue weighted by atomic mass is 32.2. The minimum absolute atomic E-state index is 0.580. The van der Waals surface area contributed by atoms with Crippen LogP contribution in [0.4, 0.5) is 8.78 Å². The molecule has 0 atom stereocenters. The van der Waals surface area contributed by atoms with Crippen LogP contribution in [0.15, 0.2) is 23.1 Å². The lowest BCUT2D eigenvalue weighted by Gasteiger charge is -1.98. The van der Waals surface area contributed by atoms with Crippen LogP contribution in [-0.2, 0) is 0 Å². The molecule has 0 aliphatic heterocycles. The first-order valence-electron chi connectivity index (χ1n) is 3.48. The topological polar surface area (TPSA) is 0 Å². The first-order valence-corrected chi connectivity index (χ1v) is 4.36. The zero-order valence-electron chi connectivity index (χ0n) is 6.68. The summed E-state index contributed by atoms with van der Waals surface area (Å²) in [5.74, 6) is -2.32. The van der Waals surface area contributed by atoms with Crippen LogP contribution < -0.4 is 0 Å². The maximum Gasteiger partial charge on any atom is 0.288 e. The van der Waals surface area contributed by atoms with Crippen molar-refractivity contribution in [1.29, 1.82) is 0 Å². The molecular weight excluding hydrogens is 166 g/mol. The lowest BCUT2D eigenvalue weighted by molar-refractivity contribution is 0.253. The SMILES string of the molecule is C/C=C(\C=C/CC)SC(F)F. The van der Waals surface area contributed by atoms with Gasteiger partial charge in [0, 0.05) is 4.91 Å². The number of hydrogen-bond acceptors (Lipinski definition) is 1. The lowest BCUT2D eigenvalue weighted by Crippen LogP contribution is -1.80. The maximum absolute atomic E-state index is 11.8. The van der Waals surface area contributed by atoms with E-state index in [1.165, 1.54) is 0 Å². The standard InChI is InChI=1S/C8H12F2S/c1-3-5-6-7(4-2)11-8(9)10/h4-6,8H,3H2,1-2H3/b6-5-,7-4+. The first-order chi connectivity index (χ1) is 5.20. The summed E-state index contributed by atoms with van der Waals surface area (Å²) in [6.07, 6.45) is 6.14. The Balaban J connectivity index is 3.88. The predicted octanol–water partition coefficient (Wildman–Crippen LogP) is 3.81. The molecular formula is C8H12F2S. The van der Waals surface area contributed by atoms with Crippen molar-refractivity contribution in [3.05, 3.63) is 23.1 Å². The molecule has 0 fully saturated rings. The van der Waals surface area contributed by atoms with E-state index in [1.807, 2.05) is 13.0 Å². The number of thioether (sulfide) groups is 1. The molecule has 11 heavy (non-hydrogen) atoms. The van der Waals surface area contributed by atoms with Gasteiger partial charge in [0.25, 0.3) is 5.76 Å². The van der Waals surface area contributed by atoms with E-state index in [9.17, 15) is 8.78 Å². The highest BCUT2D eigenvalue weighted by Crippen LogP contribution is 2.24. The molecule has 0 bridgehead atoms. The minimum Gasteiger partial charge on any atom is -0.198 e. The van der Waals surface area contributed by atoms with Crippen molar-refractivity contribution in [1.82, 2.24) is 0 Å². The molecule has 0 spiro atoms. The van der Waals surface area contributed by atoms with Crippen molar-refractivity contribution in [3.8, 4) is 0 Å². The molecule has 0 rings (SSSR count). The fourth-order valence-corrected chi connectivity index (χ4v) is 1.06. The highest BCUT2D eigenvalue weighted by Gasteiger charge is 2.03. The molecule has 64 valence electrons. The number of halogens is 2. The molecule has 0 saturated carbocycles.